The average molecular weight is 398 g/mol. The number of fused-ring (bicyclic) bond motifs is 2. The molecule has 1 amide bonds. The summed E-state index contributed by atoms with van der Waals surface area (Å²) in [6.45, 7) is 2.66. The van der Waals surface area contributed by atoms with Crippen LogP contribution >= 0.6 is 12.2 Å². The van der Waals surface area contributed by atoms with Crippen molar-refractivity contribution in [2.45, 2.75) is 13.5 Å². The molecule has 0 spiro atoms. The molecule has 9 heteroatoms. The Morgan fingerprint density at radius 2 is 1.96 bits per heavy atom. The summed E-state index contributed by atoms with van der Waals surface area (Å²) in [4.78, 5) is 11.5. The van der Waals surface area contributed by atoms with Crippen molar-refractivity contribution in [2.24, 2.45) is 5.10 Å². The van der Waals surface area contributed by atoms with Crippen molar-refractivity contribution in [3.05, 3.63) is 47.5 Å². The van der Waals surface area contributed by atoms with Gasteiger partial charge in [-0.3, -0.25) is 10.2 Å². The van der Waals surface area contributed by atoms with E-state index in [1.165, 1.54) is 0 Å². The number of hydrazone groups is 1. The number of rotatable bonds is 4. The minimum absolute atomic E-state index is 0.0320. The van der Waals surface area contributed by atoms with Crippen LogP contribution < -0.4 is 30.3 Å². The number of thiocarbonyl (C=S) groups is 1. The van der Waals surface area contributed by atoms with E-state index in [9.17, 15) is 4.79 Å². The number of carbonyl (C=O) groups is 1. The molecule has 28 heavy (non-hydrogen) atoms. The molecule has 0 saturated heterocycles. The Morgan fingerprint density at radius 1 is 1.14 bits per heavy atom. The number of anilines is 1. The molecular weight excluding hydrogens is 380 g/mol. The number of nitrogens with one attached hydrogen (secondary N) is 3. The van der Waals surface area contributed by atoms with Crippen molar-refractivity contribution in [3.63, 3.8) is 0 Å². The van der Waals surface area contributed by atoms with E-state index in [-0.39, 0.29) is 19.3 Å². The first-order chi connectivity index (χ1) is 13.6. The minimum atomic E-state index is -0.175. The van der Waals surface area contributed by atoms with Gasteiger partial charge in [0.15, 0.2) is 23.2 Å². The molecule has 0 atom stereocenters. The van der Waals surface area contributed by atoms with Crippen molar-refractivity contribution in [1.29, 1.82) is 0 Å². The largest absolute Gasteiger partial charge is 0.482 e. The minimum Gasteiger partial charge on any atom is -0.482 e. The molecule has 0 saturated carbocycles. The number of benzene rings is 2. The third kappa shape index (κ3) is 3.99. The summed E-state index contributed by atoms with van der Waals surface area (Å²) in [5, 5.41) is 10.6. The average Bonchev–Trinajstić information content (AvgIpc) is 3.17. The van der Waals surface area contributed by atoms with Crippen LogP contribution in [0.4, 0.5) is 5.69 Å². The summed E-state index contributed by atoms with van der Waals surface area (Å²) in [6.07, 6.45) is 0. The zero-order valence-electron chi connectivity index (χ0n) is 15.1. The van der Waals surface area contributed by atoms with E-state index in [2.05, 4.69) is 21.2 Å². The zero-order valence-corrected chi connectivity index (χ0v) is 15.9. The lowest BCUT2D eigenvalue weighted by molar-refractivity contribution is -0.118. The summed E-state index contributed by atoms with van der Waals surface area (Å²) >= 11 is 5.27. The highest BCUT2D eigenvalue weighted by Crippen LogP contribution is 2.32. The second-order valence-corrected chi connectivity index (χ2v) is 6.64. The van der Waals surface area contributed by atoms with Crippen LogP contribution in [0, 0.1) is 0 Å². The molecule has 0 bridgehead atoms. The van der Waals surface area contributed by atoms with Crippen molar-refractivity contribution < 1.29 is 19.0 Å². The highest BCUT2D eigenvalue weighted by molar-refractivity contribution is 7.80. The van der Waals surface area contributed by atoms with Gasteiger partial charge < -0.3 is 24.8 Å². The molecule has 2 aliphatic heterocycles. The van der Waals surface area contributed by atoms with Gasteiger partial charge in [0.05, 0.1) is 11.4 Å². The SMILES string of the molecule is C/C(=N/NC(=S)NCc1ccc2c(c1)OCO2)c1ccc2c(c1)NC(=O)CO2. The van der Waals surface area contributed by atoms with Crippen molar-refractivity contribution in [3.8, 4) is 17.2 Å². The van der Waals surface area contributed by atoms with Crippen LogP contribution in [0.15, 0.2) is 41.5 Å². The summed E-state index contributed by atoms with van der Waals surface area (Å²) in [5.41, 5.74) is 6.03. The molecule has 2 heterocycles. The molecule has 8 nitrogen and oxygen atoms in total. The third-order valence-corrected chi connectivity index (χ3v) is 4.48. The number of ether oxygens (including phenoxy) is 3. The summed E-state index contributed by atoms with van der Waals surface area (Å²) < 4.78 is 16.0. The Kier molecular flexibility index (Phi) is 4.98. The lowest BCUT2D eigenvalue weighted by Crippen LogP contribution is -2.32. The van der Waals surface area contributed by atoms with E-state index >= 15 is 0 Å². The quantitative estimate of drug-likeness (QED) is 0.413. The fourth-order valence-corrected chi connectivity index (χ4v) is 2.90. The van der Waals surface area contributed by atoms with Gasteiger partial charge in [-0.05, 0) is 60.6 Å². The van der Waals surface area contributed by atoms with Crippen molar-refractivity contribution in [2.75, 3.05) is 18.7 Å². The molecule has 2 aromatic rings. The molecule has 0 unspecified atom stereocenters. The van der Waals surface area contributed by atoms with Crippen molar-refractivity contribution in [1.82, 2.24) is 10.7 Å². The number of carbonyl (C=O) groups excluding carboxylic acids is 1. The normalized spacial score (nSPS) is 14.6. The Hall–Kier alpha value is -3.33. The molecule has 4 rings (SSSR count). The Morgan fingerprint density at radius 3 is 2.86 bits per heavy atom. The molecule has 0 radical (unpaired) electrons. The topological polar surface area (TPSA) is 93.2 Å². The van der Waals surface area contributed by atoms with Crippen LogP contribution in [-0.2, 0) is 11.3 Å². The second kappa shape index (κ2) is 7.73. The van der Waals surface area contributed by atoms with Gasteiger partial charge in [-0.2, -0.15) is 5.10 Å². The van der Waals surface area contributed by atoms with Gasteiger partial charge in [0.25, 0.3) is 5.91 Å². The molecule has 0 aliphatic carbocycles. The molecule has 3 N–H and O–H groups in total. The summed E-state index contributed by atoms with van der Waals surface area (Å²) in [5.74, 6) is 1.95. The maximum Gasteiger partial charge on any atom is 0.262 e. The summed E-state index contributed by atoms with van der Waals surface area (Å²) in [6, 6.07) is 11.2. The number of hydrogen-bond acceptors (Lipinski definition) is 6. The Balaban J connectivity index is 1.34. The van der Waals surface area contributed by atoms with Gasteiger partial charge >= 0.3 is 0 Å². The van der Waals surface area contributed by atoms with Gasteiger partial charge in [-0.15, -0.1) is 0 Å². The standard InChI is InChI=1S/C19H18N4O4S/c1-11(13-3-5-15-14(7-13)21-18(24)9-25-15)22-23-19(28)20-8-12-2-4-16-17(6-12)27-10-26-16/h2-7H,8-10H2,1H3,(H,21,24)(H2,20,23,28)/b22-11-. The predicted octanol–water partition coefficient (Wildman–Crippen LogP) is 2.13. The van der Waals surface area contributed by atoms with E-state index in [4.69, 9.17) is 26.4 Å². The second-order valence-electron chi connectivity index (χ2n) is 6.23. The number of amides is 1. The first-order valence-electron chi connectivity index (χ1n) is 8.62. The monoisotopic (exact) mass is 398 g/mol. The van der Waals surface area contributed by atoms with Crippen LogP contribution in [0.5, 0.6) is 17.2 Å². The van der Waals surface area contributed by atoms with Crippen LogP contribution in [0.3, 0.4) is 0 Å². The highest BCUT2D eigenvalue weighted by Gasteiger charge is 2.16. The third-order valence-electron chi connectivity index (χ3n) is 4.25. The van der Waals surface area contributed by atoms with Gasteiger partial charge in [0.1, 0.15) is 5.75 Å². The fourth-order valence-electron chi connectivity index (χ4n) is 2.78. The van der Waals surface area contributed by atoms with E-state index in [1.54, 1.807) is 6.07 Å². The van der Waals surface area contributed by atoms with Crippen LogP contribution in [0.2, 0.25) is 0 Å². The molecule has 0 fully saturated rings. The molecule has 144 valence electrons. The first-order valence-corrected chi connectivity index (χ1v) is 9.03. The number of hydrogen-bond donors (Lipinski definition) is 3. The highest BCUT2D eigenvalue weighted by atomic mass is 32.1. The maximum atomic E-state index is 11.5. The smallest absolute Gasteiger partial charge is 0.262 e. The van der Waals surface area contributed by atoms with E-state index in [0.717, 1.165) is 28.3 Å². The molecule has 2 aromatic carbocycles. The Labute approximate surface area is 166 Å². The fraction of sp³-hybridized carbons (Fsp3) is 0.211. The lowest BCUT2D eigenvalue weighted by Gasteiger charge is -2.18. The van der Waals surface area contributed by atoms with E-state index in [0.29, 0.717) is 23.1 Å². The van der Waals surface area contributed by atoms with Gasteiger partial charge in [0.2, 0.25) is 6.79 Å². The van der Waals surface area contributed by atoms with Crippen LogP contribution in [-0.4, -0.2) is 30.1 Å². The summed E-state index contributed by atoms with van der Waals surface area (Å²) in [7, 11) is 0. The van der Waals surface area contributed by atoms with E-state index in [1.807, 2.05) is 37.3 Å². The predicted molar refractivity (Wildman–Crippen MR) is 108 cm³/mol. The first kappa shape index (κ1) is 18.1. The van der Waals surface area contributed by atoms with Crippen LogP contribution in [0.1, 0.15) is 18.1 Å². The van der Waals surface area contributed by atoms with Crippen molar-refractivity contribution >= 4 is 34.6 Å². The van der Waals surface area contributed by atoms with Gasteiger partial charge in [-0.1, -0.05) is 6.07 Å². The lowest BCUT2D eigenvalue weighted by atomic mass is 10.1. The van der Waals surface area contributed by atoms with Gasteiger partial charge in [0, 0.05) is 6.54 Å². The Bertz CT molecular complexity index is 976. The molecule has 2 aliphatic rings. The van der Waals surface area contributed by atoms with E-state index < -0.39 is 0 Å². The van der Waals surface area contributed by atoms with Gasteiger partial charge in [-0.25, -0.2) is 0 Å². The molecular formula is C19H18N4O4S. The zero-order chi connectivity index (χ0) is 19.5. The number of nitrogens with zero attached hydrogens (tertiary/aromatic N) is 1. The van der Waals surface area contributed by atoms with Crippen LogP contribution in [0.25, 0.3) is 0 Å². The maximum absolute atomic E-state index is 11.5. The molecule has 0 aromatic heterocycles.